The first kappa shape index (κ1) is 17.2. The van der Waals surface area contributed by atoms with E-state index in [0.29, 0.717) is 6.07 Å². The van der Waals surface area contributed by atoms with Crippen LogP contribution < -0.4 is 9.46 Å². The maximum absolute atomic E-state index is 12.2. The van der Waals surface area contributed by atoms with Gasteiger partial charge in [0.25, 0.3) is 10.0 Å². The minimum Gasteiger partial charge on any atom is -0.492 e. The standard InChI is InChI=1S/C12H8ClF3N2O4S/c13-7-4-10(11(19)17-6-7)18-23(20,21)9-3-1-2-8(5-9)22-12(14,15)16/h1-6,18H,(H,17,19). The first-order valence-electron chi connectivity index (χ1n) is 5.80. The molecule has 23 heavy (non-hydrogen) atoms. The third kappa shape index (κ3) is 4.63. The number of hydrogen-bond acceptors (Lipinski definition) is 5. The number of anilines is 1. The second-order valence-corrected chi connectivity index (χ2v) is 6.27. The highest BCUT2D eigenvalue weighted by molar-refractivity contribution is 7.92. The van der Waals surface area contributed by atoms with E-state index in [2.05, 4.69) is 9.72 Å². The quantitative estimate of drug-likeness (QED) is 0.865. The Balaban J connectivity index is 2.33. The molecule has 2 N–H and O–H groups in total. The molecule has 0 saturated heterocycles. The Morgan fingerprint density at radius 2 is 1.96 bits per heavy atom. The molecule has 0 spiro atoms. The van der Waals surface area contributed by atoms with E-state index in [9.17, 15) is 26.7 Å². The summed E-state index contributed by atoms with van der Waals surface area (Å²) in [5.41, 5.74) is -0.320. The summed E-state index contributed by atoms with van der Waals surface area (Å²) in [7, 11) is -4.29. The molecule has 1 aromatic carbocycles. The highest BCUT2D eigenvalue weighted by Crippen LogP contribution is 2.28. The number of nitrogens with zero attached hydrogens (tertiary/aromatic N) is 1. The molecule has 0 atom stereocenters. The van der Waals surface area contributed by atoms with Gasteiger partial charge in [-0.2, -0.15) is 0 Å². The van der Waals surface area contributed by atoms with Crippen LogP contribution in [0.5, 0.6) is 11.6 Å². The number of aromatic nitrogens is 1. The Labute approximate surface area is 133 Å². The third-order valence-electron chi connectivity index (χ3n) is 2.43. The SMILES string of the molecule is O=S(=O)(Nc1cc(Cl)cnc1O)c1cccc(OC(F)(F)F)c1. The summed E-state index contributed by atoms with van der Waals surface area (Å²) in [4.78, 5) is 2.94. The van der Waals surface area contributed by atoms with E-state index >= 15 is 0 Å². The summed E-state index contributed by atoms with van der Waals surface area (Å²) in [6.07, 6.45) is -3.86. The number of sulfonamides is 1. The molecule has 6 nitrogen and oxygen atoms in total. The minimum absolute atomic E-state index is 0.0506. The lowest BCUT2D eigenvalue weighted by Gasteiger charge is -2.12. The van der Waals surface area contributed by atoms with Crippen LogP contribution in [0.3, 0.4) is 0 Å². The zero-order valence-corrected chi connectivity index (χ0v) is 12.6. The fourth-order valence-electron chi connectivity index (χ4n) is 1.55. The summed E-state index contributed by atoms with van der Waals surface area (Å²) < 4.78 is 66.4. The number of hydrogen-bond donors (Lipinski definition) is 2. The predicted octanol–water partition coefficient (Wildman–Crippen LogP) is 3.14. The first-order chi connectivity index (χ1) is 10.6. The molecule has 2 aromatic rings. The van der Waals surface area contributed by atoms with E-state index in [1.165, 1.54) is 0 Å². The molecule has 0 bridgehead atoms. The van der Waals surface area contributed by atoms with Crippen molar-refractivity contribution in [1.29, 1.82) is 0 Å². The fraction of sp³-hybridized carbons (Fsp3) is 0.0833. The predicted molar refractivity (Wildman–Crippen MR) is 74.8 cm³/mol. The van der Waals surface area contributed by atoms with Crippen LogP contribution in [0.2, 0.25) is 5.02 Å². The first-order valence-corrected chi connectivity index (χ1v) is 7.66. The van der Waals surface area contributed by atoms with Crippen molar-refractivity contribution in [2.45, 2.75) is 11.3 Å². The van der Waals surface area contributed by atoms with Crippen molar-refractivity contribution in [3.63, 3.8) is 0 Å². The van der Waals surface area contributed by atoms with Gasteiger partial charge in [-0.1, -0.05) is 17.7 Å². The number of rotatable bonds is 4. The van der Waals surface area contributed by atoms with E-state index in [4.69, 9.17) is 11.6 Å². The van der Waals surface area contributed by atoms with Gasteiger partial charge >= 0.3 is 6.36 Å². The van der Waals surface area contributed by atoms with Gasteiger partial charge in [0.2, 0.25) is 5.88 Å². The average molecular weight is 369 g/mol. The van der Waals surface area contributed by atoms with Crippen molar-refractivity contribution in [3.05, 3.63) is 41.6 Å². The number of pyridine rings is 1. The second-order valence-electron chi connectivity index (χ2n) is 4.15. The van der Waals surface area contributed by atoms with Crippen LogP contribution in [-0.2, 0) is 10.0 Å². The monoisotopic (exact) mass is 368 g/mol. The molecule has 1 heterocycles. The summed E-state index contributed by atoms with van der Waals surface area (Å²) in [6, 6.07) is 4.86. The zero-order valence-electron chi connectivity index (χ0n) is 11.0. The van der Waals surface area contributed by atoms with Crippen molar-refractivity contribution in [2.24, 2.45) is 0 Å². The second kappa shape index (κ2) is 6.13. The van der Waals surface area contributed by atoms with Crippen molar-refractivity contribution >= 4 is 27.3 Å². The van der Waals surface area contributed by atoms with Crippen LogP contribution in [0.25, 0.3) is 0 Å². The minimum atomic E-state index is -4.95. The molecule has 0 aliphatic rings. The fourth-order valence-corrected chi connectivity index (χ4v) is 2.79. The molecule has 0 radical (unpaired) electrons. The third-order valence-corrected chi connectivity index (χ3v) is 4.00. The summed E-state index contributed by atoms with van der Waals surface area (Å²) in [5, 5.41) is 9.53. The number of halogens is 4. The highest BCUT2D eigenvalue weighted by atomic mass is 35.5. The molecular formula is C12H8ClF3N2O4S. The van der Waals surface area contributed by atoms with Crippen LogP contribution in [0.15, 0.2) is 41.4 Å². The molecular weight excluding hydrogens is 361 g/mol. The van der Waals surface area contributed by atoms with Crippen LogP contribution in [-0.4, -0.2) is 24.9 Å². The summed E-state index contributed by atoms with van der Waals surface area (Å²) in [6.45, 7) is 0. The topological polar surface area (TPSA) is 88.5 Å². The number of ether oxygens (including phenoxy) is 1. The number of benzene rings is 1. The molecule has 11 heteroatoms. The zero-order chi connectivity index (χ0) is 17.3. The van der Waals surface area contributed by atoms with Gasteiger partial charge in [-0.3, -0.25) is 4.72 Å². The van der Waals surface area contributed by atoms with Gasteiger partial charge in [-0.25, -0.2) is 13.4 Å². The van der Waals surface area contributed by atoms with Gasteiger partial charge in [0.15, 0.2) is 0 Å². The highest BCUT2D eigenvalue weighted by Gasteiger charge is 2.31. The van der Waals surface area contributed by atoms with Crippen LogP contribution >= 0.6 is 11.6 Å². The molecule has 0 aliphatic carbocycles. The molecule has 0 saturated carbocycles. The molecule has 2 rings (SSSR count). The lowest BCUT2D eigenvalue weighted by Crippen LogP contribution is -2.18. The van der Waals surface area contributed by atoms with Crippen molar-refractivity contribution < 1.29 is 31.4 Å². The van der Waals surface area contributed by atoms with Crippen molar-refractivity contribution in [3.8, 4) is 11.6 Å². The Hall–Kier alpha value is -2.20. The maximum atomic E-state index is 12.2. The molecule has 1 aromatic heterocycles. The molecule has 0 aliphatic heterocycles. The average Bonchev–Trinajstić information content (AvgIpc) is 2.41. The van der Waals surface area contributed by atoms with Crippen molar-refractivity contribution in [1.82, 2.24) is 4.98 Å². The van der Waals surface area contributed by atoms with Crippen LogP contribution in [0.1, 0.15) is 0 Å². The van der Waals surface area contributed by atoms with Gasteiger partial charge < -0.3 is 9.84 Å². The Morgan fingerprint density at radius 3 is 2.61 bits per heavy atom. The van der Waals surface area contributed by atoms with Crippen molar-refractivity contribution in [2.75, 3.05) is 4.72 Å². The lowest BCUT2D eigenvalue weighted by molar-refractivity contribution is -0.274. The van der Waals surface area contributed by atoms with Crippen LogP contribution in [0.4, 0.5) is 18.9 Å². The van der Waals surface area contributed by atoms with E-state index in [-0.39, 0.29) is 10.7 Å². The smallest absolute Gasteiger partial charge is 0.492 e. The molecule has 0 amide bonds. The Kier molecular flexibility index (Phi) is 4.57. The van der Waals surface area contributed by atoms with E-state index < -0.39 is 32.9 Å². The normalized spacial score (nSPS) is 12.0. The Morgan fingerprint density at radius 1 is 1.26 bits per heavy atom. The number of alkyl halides is 3. The van der Waals surface area contributed by atoms with Gasteiger partial charge in [0, 0.05) is 12.3 Å². The van der Waals surface area contributed by atoms with Gasteiger partial charge in [-0.15, -0.1) is 13.2 Å². The number of nitrogens with one attached hydrogen (secondary N) is 1. The molecule has 0 unspecified atom stereocenters. The molecule has 0 fully saturated rings. The van der Waals surface area contributed by atoms with E-state index in [1.54, 1.807) is 0 Å². The summed E-state index contributed by atoms with van der Waals surface area (Å²) >= 11 is 5.64. The van der Waals surface area contributed by atoms with Gasteiger partial charge in [-0.05, 0) is 18.2 Å². The van der Waals surface area contributed by atoms with Gasteiger partial charge in [0.1, 0.15) is 11.4 Å². The lowest BCUT2D eigenvalue weighted by atomic mass is 10.3. The van der Waals surface area contributed by atoms with Crippen LogP contribution in [0, 0.1) is 0 Å². The van der Waals surface area contributed by atoms with E-state index in [0.717, 1.165) is 30.5 Å². The maximum Gasteiger partial charge on any atom is 0.573 e. The Bertz CT molecular complexity index is 827. The largest absolute Gasteiger partial charge is 0.573 e. The van der Waals surface area contributed by atoms with E-state index in [1.807, 2.05) is 4.72 Å². The van der Waals surface area contributed by atoms with Gasteiger partial charge in [0.05, 0.1) is 9.92 Å². The molecule has 124 valence electrons. The summed E-state index contributed by atoms with van der Waals surface area (Å²) in [5.74, 6) is -1.34. The number of aromatic hydroxyl groups is 1.